The average molecular weight is 405 g/mol. The van der Waals surface area contributed by atoms with E-state index in [1.165, 1.54) is 18.5 Å². The topological polar surface area (TPSA) is 78.4 Å². The summed E-state index contributed by atoms with van der Waals surface area (Å²) < 4.78 is 14.1. The summed E-state index contributed by atoms with van der Waals surface area (Å²) in [5.74, 6) is 0.120. The number of likely N-dealkylation sites (tertiary alicyclic amines) is 1. The summed E-state index contributed by atoms with van der Waals surface area (Å²) in [6.45, 7) is 2.04. The molecule has 2 heterocycles. The molecule has 1 saturated heterocycles. The maximum atomic E-state index is 14.1. The molecule has 0 bridgehead atoms. The van der Waals surface area contributed by atoms with Crippen LogP contribution in [0.25, 0.3) is 0 Å². The third-order valence-corrected chi connectivity index (χ3v) is 6.18. The third-order valence-electron chi connectivity index (χ3n) is 5.82. The predicted octanol–water partition coefficient (Wildman–Crippen LogP) is 2.27. The summed E-state index contributed by atoms with van der Waals surface area (Å²) in [5.41, 5.74) is 0.935. The normalized spacial score (nSPS) is 27.4. The number of nitrogens with zero attached hydrogens (tertiary/aromatic N) is 3. The Morgan fingerprint density at radius 1 is 1.25 bits per heavy atom. The molecule has 1 aliphatic heterocycles. The van der Waals surface area contributed by atoms with Crippen LogP contribution in [-0.2, 0) is 6.54 Å². The van der Waals surface area contributed by atoms with Crippen molar-refractivity contribution in [2.24, 2.45) is 11.8 Å². The molecule has 0 radical (unpaired) electrons. The van der Waals surface area contributed by atoms with Gasteiger partial charge in [0, 0.05) is 30.2 Å². The van der Waals surface area contributed by atoms with E-state index in [4.69, 9.17) is 11.6 Å². The Bertz CT molecular complexity index is 833. The molecule has 2 aliphatic rings. The van der Waals surface area contributed by atoms with Gasteiger partial charge in [-0.2, -0.15) is 10.2 Å². The van der Waals surface area contributed by atoms with E-state index in [2.05, 4.69) is 20.4 Å². The number of carbonyl (C=O) groups is 1. The Morgan fingerprint density at radius 3 is 2.75 bits per heavy atom. The van der Waals surface area contributed by atoms with E-state index in [-0.39, 0.29) is 17.8 Å². The molecular weight excluding hydrogens is 383 g/mol. The fraction of sp³-hybridized carbons (Fsp3) is 0.450. The zero-order valence-electron chi connectivity index (χ0n) is 15.3. The SMILES string of the molecule is O=C(N[C@H]1C[C@H]2CN(Cc3c(F)cccc3Cl)C[C@H]2C[C@@H]1O)c1ccnnc1. The van der Waals surface area contributed by atoms with E-state index in [0.717, 1.165) is 13.1 Å². The van der Waals surface area contributed by atoms with Crippen LogP contribution < -0.4 is 5.32 Å². The number of aliphatic hydroxyl groups is 1. The summed E-state index contributed by atoms with van der Waals surface area (Å²) >= 11 is 6.16. The number of aliphatic hydroxyl groups excluding tert-OH is 1. The van der Waals surface area contributed by atoms with Gasteiger partial charge in [0.15, 0.2) is 0 Å². The molecule has 2 N–H and O–H groups in total. The molecule has 6 nitrogen and oxygen atoms in total. The highest BCUT2D eigenvalue weighted by atomic mass is 35.5. The first-order chi connectivity index (χ1) is 13.5. The number of hydrogen-bond donors (Lipinski definition) is 2. The van der Waals surface area contributed by atoms with Gasteiger partial charge < -0.3 is 10.4 Å². The second kappa shape index (κ2) is 8.11. The van der Waals surface area contributed by atoms with Crippen LogP contribution in [0.4, 0.5) is 4.39 Å². The lowest BCUT2D eigenvalue weighted by Crippen LogP contribution is -2.49. The second-order valence-corrected chi connectivity index (χ2v) is 8.07. The van der Waals surface area contributed by atoms with Gasteiger partial charge >= 0.3 is 0 Å². The minimum Gasteiger partial charge on any atom is -0.391 e. The van der Waals surface area contributed by atoms with Gasteiger partial charge in [-0.05, 0) is 42.9 Å². The molecule has 0 spiro atoms. The minimum atomic E-state index is -0.600. The number of amides is 1. The van der Waals surface area contributed by atoms with E-state index < -0.39 is 6.10 Å². The third kappa shape index (κ3) is 4.01. The number of benzene rings is 1. The van der Waals surface area contributed by atoms with E-state index >= 15 is 0 Å². The van der Waals surface area contributed by atoms with Crippen molar-refractivity contribution in [1.29, 1.82) is 0 Å². The van der Waals surface area contributed by atoms with Crippen molar-refractivity contribution in [3.63, 3.8) is 0 Å². The van der Waals surface area contributed by atoms with Gasteiger partial charge in [-0.15, -0.1) is 0 Å². The summed E-state index contributed by atoms with van der Waals surface area (Å²) in [7, 11) is 0. The monoisotopic (exact) mass is 404 g/mol. The molecule has 1 aliphatic carbocycles. The van der Waals surface area contributed by atoms with Crippen molar-refractivity contribution in [1.82, 2.24) is 20.4 Å². The number of carbonyl (C=O) groups excluding carboxylic acids is 1. The Balaban J connectivity index is 1.39. The Kier molecular flexibility index (Phi) is 5.57. The predicted molar refractivity (Wildman–Crippen MR) is 102 cm³/mol. The number of nitrogens with one attached hydrogen (secondary N) is 1. The molecule has 2 fully saturated rings. The maximum absolute atomic E-state index is 14.1. The van der Waals surface area contributed by atoms with E-state index in [0.29, 0.717) is 47.4 Å². The summed E-state index contributed by atoms with van der Waals surface area (Å²) in [4.78, 5) is 14.6. The van der Waals surface area contributed by atoms with Crippen molar-refractivity contribution in [2.45, 2.75) is 31.5 Å². The largest absolute Gasteiger partial charge is 0.391 e. The molecule has 8 heteroatoms. The fourth-order valence-corrected chi connectivity index (χ4v) is 4.62. The zero-order chi connectivity index (χ0) is 19.7. The Hall–Kier alpha value is -2.09. The van der Waals surface area contributed by atoms with Crippen molar-refractivity contribution >= 4 is 17.5 Å². The maximum Gasteiger partial charge on any atom is 0.253 e. The molecule has 1 aromatic carbocycles. The first-order valence-corrected chi connectivity index (χ1v) is 9.80. The average Bonchev–Trinajstić information content (AvgIpc) is 3.07. The quantitative estimate of drug-likeness (QED) is 0.817. The smallest absolute Gasteiger partial charge is 0.253 e. The van der Waals surface area contributed by atoms with Crippen LogP contribution in [0.2, 0.25) is 5.02 Å². The summed E-state index contributed by atoms with van der Waals surface area (Å²) in [6.07, 6.45) is 3.58. The lowest BCUT2D eigenvalue weighted by atomic mass is 9.77. The van der Waals surface area contributed by atoms with Crippen molar-refractivity contribution in [2.75, 3.05) is 13.1 Å². The summed E-state index contributed by atoms with van der Waals surface area (Å²) in [6, 6.07) is 6.02. The molecule has 0 unspecified atom stereocenters. The van der Waals surface area contributed by atoms with Crippen LogP contribution in [0.5, 0.6) is 0 Å². The number of aromatic nitrogens is 2. The van der Waals surface area contributed by atoms with Gasteiger partial charge in [-0.1, -0.05) is 17.7 Å². The molecule has 1 saturated carbocycles. The van der Waals surface area contributed by atoms with Crippen LogP contribution in [0.1, 0.15) is 28.8 Å². The minimum absolute atomic E-state index is 0.259. The van der Waals surface area contributed by atoms with Gasteiger partial charge in [0.05, 0.1) is 30.1 Å². The standard InChI is InChI=1S/C20H22ClFN4O2/c21-16-2-1-3-17(22)15(16)11-26-9-13-6-18(19(27)7-14(13)10-26)25-20(28)12-4-5-23-24-8-12/h1-5,8,13-14,18-19,27H,6-7,9-11H2,(H,25,28)/t13-,14+,18-,19-/m0/s1. The van der Waals surface area contributed by atoms with Crippen molar-refractivity contribution < 1.29 is 14.3 Å². The number of rotatable bonds is 4. The molecule has 1 aromatic heterocycles. The zero-order valence-corrected chi connectivity index (χ0v) is 16.0. The molecule has 2 aromatic rings. The number of halogens is 2. The van der Waals surface area contributed by atoms with Crippen LogP contribution >= 0.6 is 11.6 Å². The number of hydrogen-bond acceptors (Lipinski definition) is 5. The van der Waals surface area contributed by atoms with Gasteiger partial charge in [-0.25, -0.2) is 4.39 Å². The van der Waals surface area contributed by atoms with Gasteiger partial charge in [-0.3, -0.25) is 9.69 Å². The Labute approximate surface area is 167 Å². The highest BCUT2D eigenvalue weighted by molar-refractivity contribution is 6.31. The van der Waals surface area contributed by atoms with Gasteiger partial charge in [0.2, 0.25) is 0 Å². The van der Waals surface area contributed by atoms with Crippen LogP contribution in [0, 0.1) is 17.7 Å². The molecule has 28 heavy (non-hydrogen) atoms. The molecule has 4 rings (SSSR count). The van der Waals surface area contributed by atoms with Crippen LogP contribution in [0.15, 0.2) is 36.7 Å². The molecular formula is C20H22ClFN4O2. The van der Waals surface area contributed by atoms with Gasteiger partial charge in [0.25, 0.3) is 5.91 Å². The molecule has 1 amide bonds. The lowest BCUT2D eigenvalue weighted by Gasteiger charge is -2.35. The van der Waals surface area contributed by atoms with Crippen molar-refractivity contribution in [3.8, 4) is 0 Å². The highest BCUT2D eigenvalue weighted by Crippen LogP contribution is 2.37. The van der Waals surface area contributed by atoms with E-state index in [1.54, 1.807) is 18.2 Å². The molecule has 148 valence electrons. The van der Waals surface area contributed by atoms with Crippen molar-refractivity contribution in [3.05, 3.63) is 58.6 Å². The fourth-order valence-electron chi connectivity index (χ4n) is 4.40. The van der Waals surface area contributed by atoms with Crippen LogP contribution in [0.3, 0.4) is 0 Å². The van der Waals surface area contributed by atoms with E-state index in [1.807, 2.05) is 0 Å². The van der Waals surface area contributed by atoms with Crippen LogP contribution in [-0.4, -0.2) is 51.3 Å². The van der Waals surface area contributed by atoms with Gasteiger partial charge in [0.1, 0.15) is 5.82 Å². The highest BCUT2D eigenvalue weighted by Gasteiger charge is 2.42. The second-order valence-electron chi connectivity index (χ2n) is 7.66. The van der Waals surface area contributed by atoms with E-state index in [9.17, 15) is 14.3 Å². The lowest BCUT2D eigenvalue weighted by molar-refractivity contribution is 0.0461. The first-order valence-electron chi connectivity index (χ1n) is 9.42. The molecule has 4 atom stereocenters. The first kappa shape index (κ1) is 19.2. The number of fused-ring (bicyclic) bond motifs is 1. The summed E-state index contributed by atoms with van der Waals surface area (Å²) in [5, 5.41) is 21.3. The Morgan fingerprint density at radius 2 is 2.04 bits per heavy atom.